The number of halogens is 3. The first-order valence-electron chi connectivity index (χ1n) is 11.8. The first-order chi connectivity index (χ1) is 18.6. The maximum Gasteiger partial charge on any atom is 0.446 e. The van der Waals surface area contributed by atoms with Crippen molar-refractivity contribution in [3.63, 3.8) is 0 Å². The molecule has 4 rings (SSSR count). The van der Waals surface area contributed by atoms with E-state index in [1.807, 2.05) is 0 Å². The molecule has 40 heavy (non-hydrogen) atoms. The topological polar surface area (TPSA) is 158 Å². The quantitative estimate of drug-likeness (QED) is 0.264. The number of ether oxygens (including phenoxy) is 1. The van der Waals surface area contributed by atoms with Crippen molar-refractivity contribution in [3.8, 4) is 5.13 Å². The molecule has 3 aromatic heterocycles. The second-order valence-corrected chi connectivity index (χ2v) is 14.6. The summed E-state index contributed by atoms with van der Waals surface area (Å²) < 4.78 is 99.3. The smallest absolute Gasteiger partial charge is 0.446 e. The summed E-state index contributed by atoms with van der Waals surface area (Å²) in [5, 5.41) is 8.35. The molecule has 0 amide bonds. The van der Waals surface area contributed by atoms with Crippen LogP contribution in [0.25, 0.3) is 21.9 Å². The number of nitrogens with zero attached hydrogens (tertiary/aromatic N) is 7. The Morgan fingerprint density at radius 1 is 1.23 bits per heavy atom. The SMILES string of the molecule is COC(=O)CCS(=O)(=O)c1cc(C2=CCN(S(=O)(=O)C(C)C)CC2)c2c(n1)[n+](-c1nnc(C(F)(F)F)s1)nn2C. The zero-order valence-electron chi connectivity index (χ0n) is 21.7. The number of fused-ring (bicyclic) bond motifs is 1. The number of pyridine rings is 1. The lowest BCUT2D eigenvalue weighted by molar-refractivity contribution is -0.638. The number of sulfonamides is 1. The molecule has 0 N–H and O–H groups in total. The van der Waals surface area contributed by atoms with Gasteiger partial charge in [0.25, 0.3) is 5.65 Å². The molecule has 1 aliphatic rings. The van der Waals surface area contributed by atoms with E-state index < -0.39 is 59.5 Å². The molecular weight excluding hydrogens is 599 g/mol. The van der Waals surface area contributed by atoms with Crippen LogP contribution in [0.2, 0.25) is 0 Å². The minimum absolute atomic E-state index is 0.0350. The lowest BCUT2D eigenvalue weighted by Gasteiger charge is -2.27. The van der Waals surface area contributed by atoms with E-state index in [1.54, 1.807) is 19.9 Å². The van der Waals surface area contributed by atoms with Crippen molar-refractivity contribution in [2.45, 2.75) is 43.1 Å². The summed E-state index contributed by atoms with van der Waals surface area (Å²) in [6, 6.07) is 1.29. The monoisotopic (exact) mass is 624 g/mol. The number of rotatable bonds is 8. The highest BCUT2D eigenvalue weighted by molar-refractivity contribution is 7.91. The van der Waals surface area contributed by atoms with Crippen LogP contribution in [0.5, 0.6) is 0 Å². The number of hydrogen-bond donors (Lipinski definition) is 0. The molecule has 0 unspecified atom stereocenters. The Hall–Kier alpha value is -3.03. The molecule has 1 aliphatic heterocycles. The van der Waals surface area contributed by atoms with Crippen molar-refractivity contribution >= 4 is 53.9 Å². The van der Waals surface area contributed by atoms with E-state index in [1.165, 1.54) is 22.1 Å². The van der Waals surface area contributed by atoms with Gasteiger partial charge in [0.2, 0.25) is 29.9 Å². The van der Waals surface area contributed by atoms with Crippen molar-refractivity contribution in [1.82, 2.24) is 29.4 Å². The first-order valence-corrected chi connectivity index (χ1v) is 15.7. The Morgan fingerprint density at radius 3 is 2.48 bits per heavy atom. The summed E-state index contributed by atoms with van der Waals surface area (Å²) >= 11 is 0.200. The van der Waals surface area contributed by atoms with Gasteiger partial charge in [0.05, 0.1) is 31.6 Å². The van der Waals surface area contributed by atoms with Crippen molar-refractivity contribution in [3.05, 3.63) is 22.7 Å². The summed E-state index contributed by atoms with van der Waals surface area (Å²) in [5.74, 6) is -1.38. The van der Waals surface area contributed by atoms with Crippen LogP contribution in [-0.2, 0) is 42.6 Å². The van der Waals surface area contributed by atoms with Gasteiger partial charge in [-0.1, -0.05) is 15.9 Å². The number of carbonyl (C=O) groups is 1. The van der Waals surface area contributed by atoms with Crippen LogP contribution in [-0.4, -0.2) is 83.4 Å². The Morgan fingerprint density at radius 2 is 1.93 bits per heavy atom. The van der Waals surface area contributed by atoms with Crippen molar-refractivity contribution in [2.24, 2.45) is 7.05 Å². The molecule has 218 valence electrons. The van der Waals surface area contributed by atoms with Gasteiger partial charge in [-0.2, -0.15) is 22.2 Å². The molecule has 0 aromatic carbocycles. The highest BCUT2D eigenvalue weighted by Gasteiger charge is 2.39. The maximum atomic E-state index is 13.2. The Bertz CT molecular complexity index is 1710. The van der Waals surface area contributed by atoms with Crippen LogP contribution in [0, 0.1) is 0 Å². The van der Waals surface area contributed by atoms with E-state index >= 15 is 0 Å². The number of sulfone groups is 1. The lowest BCUT2D eigenvalue weighted by Crippen LogP contribution is -2.39. The van der Waals surface area contributed by atoms with Crippen LogP contribution in [0.15, 0.2) is 17.2 Å². The normalized spacial score (nSPS) is 15.6. The minimum atomic E-state index is -4.75. The van der Waals surface area contributed by atoms with Gasteiger partial charge in [-0.3, -0.25) is 4.79 Å². The van der Waals surface area contributed by atoms with E-state index in [9.17, 15) is 34.8 Å². The van der Waals surface area contributed by atoms with Gasteiger partial charge >= 0.3 is 17.3 Å². The van der Waals surface area contributed by atoms with Crippen LogP contribution < -0.4 is 4.68 Å². The molecule has 0 fully saturated rings. The third-order valence-electron chi connectivity index (χ3n) is 6.13. The molecular formula is C21H25F3N7O6S3+. The van der Waals surface area contributed by atoms with Crippen molar-refractivity contribution in [1.29, 1.82) is 0 Å². The summed E-state index contributed by atoms with van der Waals surface area (Å²) in [6.45, 7) is 3.30. The number of carbonyl (C=O) groups excluding carboxylic acids is 1. The van der Waals surface area contributed by atoms with Gasteiger partial charge in [0.1, 0.15) is 0 Å². The van der Waals surface area contributed by atoms with Gasteiger partial charge in [0.15, 0.2) is 5.52 Å². The van der Waals surface area contributed by atoms with Gasteiger partial charge < -0.3 is 4.74 Å². The van der Waals surface area contributed by atoms with Gasteiger partial charge in [-0.25, -0.2) is 16.8 Å². The number of aromatic nitrogens is 6. The molecule has 0 radical (unpaired) electrons. The average molecular weight is 625 g/mol. The molecule has 0 saturated carbocycles. The second kappa shape index (κ2) is 10.7. The standard InChI is InChI=1S/C21H25F3N7O6S3/c1-12(2)40(35,36)30-8-5-13(6-9-30)14-11-15(39(33,34)10-7-16(32)37-4)25-18-17(14)29(3)28-31(18)20-27-26-19(38-20)21(22,23)24/h5,11-12H,6-10H2,1-4H3/q+1. The summed E-state index contributed by atoms with van der Waals surface area (Å²) in [6.07, 6.45) is -3.34. The van der Waals surface area contributed by atoms with Crippen molar-refractivity contribution < 1.29 is 44.2 Å². The number of methoxy groups -OCH3 is 1. The van der Waals surface area contributed by atoms with Gasteiger partial charge in [-0.15, -0.1) is 4.98 Å². The van der Waals surface area contributed by atoms with E-state index in [0.717, 1.165) is 11.8 Å². The van der Waals surface area contributed by atoms with E-state index in [0.29, 0.717) is 11.1 Å². The van der Waals surface area contributed by atoms with Crippen molar-refractivity contribution in [2.75, 3.05) is 26.0 Å². The number of alkyl halides is 3. The largest absolute Gasteiger partial charge is 0.469 e. The third-order valence-corrected chi connectivity index (χ3v) is 10.9. The Labute approximate surface area is 231 Å². The zero-order valence-corrected chi connectivity index (χ0v) is 24.2. The molecule has 0 atom stereocenters. The Balaban J connectivity index is 1.89. The Kier molecular flexibility index (Phi) is 8.05. The highest BCUT2D eigenvalue weighted by atomic mass is 32.2. The van der Waals surface area contributed by atoms with E-state index in [2.05, 4.69) is 25.1 Å². The fraction of sp³-hybridized carbons (Fsp3) is 0.524. The van der Waals surface area contributed by atoms with Gasteiger partial charge in [-0.05, 0) is 48.3 Å². The highest BCUT2D eigenvalue weighted by Crippen LogP contribution is 2.33. The second-order valence-electron chi connectivity index (χ2n) is 9.07. The number of hydrogen-bond acceptors (Lipinski definition) is 11. The molecule has 0 bridgehead atoms. The minimum Gasteiger partial charge on any atom is -0.469 e. The predicted molar refractivity (Wildman–Crippen MR) is 135 cm³/mol. The molecule has 4 heterocycles. The molecule has 19 heteroatoms. The van der Waals surface area contributed by atoms with Crippen LogP contribution in [0.4, 0.5) is 13.2 Å². The summed E-state index contributed by atoms with van der Waals surface area (Å²) in [7, 11) is -5.10. The fourth-order valence-electron chi connectivity index (χ4n) is 3.99. The number of aryl methyl sites for hydroxylation is 1. The predicted octanol–water partition coefficient (Wildman–Crippen LogP) is 1.28. The van der Waals surface area contributed by atoms with Crippen LogP contribution in [0.1, 0.15) is 37.3 Å². The third kappa shape index (κ3) is 5.72. The zero-order chi connectivity index (χ0) is 29.6. The number of esters is 1. The summed E-state index contributed by atoms with van der Waals surface area (Å²) in [5.41, 5.74) is 1.11. The summed E-state index contributed by atoms with van der Waals surface area (Å²) in [4.78, 5) is 15.8. The fourth-order valence-corrected chi connectivity index (χ4v) is 7.04. The molecule has 0 saturated heterocycles. The average Bonchev–Trinajstić information content (AvgIpc) is 3.52. The lowest BCUT2D eigenvalue weighted by atomic mass is 10.0. The van der Waals surface area contributed by atoms with Crippen LogP contribution in [0.3, 0.4) is 0 Å². The van der Waals surface area contributed by atoms with Crippen LogP contribution >= 0.6 is 11.3 Å². The first kappa shape index (κ1) is 29.9. The van der Waals surface area contributed by atoms with E-state index in [4.69, 9.17) is 0 Å². The molecule has 3 aromatic rings. The molecule has 0 aliphatic carbocycles. The molecule has 13 nitrogen and oxygen atoms in total. The molecule has 0 spiro atoms. The van der Waals surface area contributed by atoms with Gasteiger partial charge in [0, 0.05) is 23.9 Å². The maximum absolute atomic E-state index is 13.2. The van der Waals surface area contributed by atoms with E-state index in [-0.39, 0.29) is 47.1 Å².